The zero-order valence-corrected chi connectivity index (χ0v) is 11.8. The van der Waals surface area contributed by atoms with Crippen LogP contribution in [-0.4, -0.2) is 5.91 Å². The molecule has 0 aliphatic rings. The van der Waals surface area contributed by atoms with Gasteiger partial charge in [0.15, 0.2) is 0 Å². The summed E-state index contributed by atoms with van der Waals surface area (Å²) in [6, 6.07) is 17.1. The standard InChI is InChI=1S/C16H11N5O/c1-12(22)21(16-7-3-5-14(9-16)11-18)20-19-15-6-2-4-13(8-15)10-17/h2-9H,1H3. The molecule has 2 aromatic rings. The maximum absolute atomic E-state index is 11.7. The van der Waals surface area contributed by atoms with Crippen LogP contribution in [0.25, 0.3) is 0 Å². The van der Waals surface area contributed by atoms with Crippen molar-refractivity contribution in [2.24, 2.45) is 10.3 Å². The van der Waals surface area contributed by atoms with E-state index in [4.69, 9.17) is 10.5 Å². The van der Waals surface area contributed by atoms with Crippen molar-refractivity contribution in [1.82, 2.24) is 0 Å². The Morgan fingerprint density at radius 2 is 1.68 bits per heavy atom. The van der Waals surface area contributed by atoms with Gasteiger partial charge in [0.1, 0.15) is 0 Å². The average molecular weight is 289 g/mol. The van der Waals surface area contributed by atoms with E-state index >= 15 is 0 Å². The van der Waals surface area contributed by atoms with Crippen LogP contribution in [0.1, 0.15) is 18.1 Å². The number of hydrogen-bond acceptors (Lipinski definition) is 5. The lowest BCUT2D eigenvalue weighted by molar-refractivity contribution is -0.116. The summed E-state index contributed by atoms with van der Waals surface area (Å²) in [5.74, 6) is -0.338. The van der Waals surface area contributed by atoms with Crippen LogP contribution in [-0.2, 0) is 4.79 Å². The Labute approximate surface area is 127 Å². The monoisotopic (exact) mass is 289 g/mol. The highest BCUT2D eigenvalue weighted by Crippen LogP contribution is 2.20. The van der Waals surface area contributed by atoms with Gasteiger partial charge in [0.05, 0.1) is 34.6 Å². The van der Waals surface area contributed by atoms with E-state index in [0.29, 0.717) is 22.5 Å². The van der Waals surface area contributed by atoms with E-state index < -0.39 is 0 Å². The topological polar surface area (TPSA) is 92.6 Å². The first-order valence-corrected chi connectivity index (χ1v) is 6.36. The molecule has 0 unspecified atom stereocenters. The predicted molar refractivity (Wildman–Crippen MR) is 80.0 cm³/mol. The first kappa shape index (κ1) is 14.9. The van der Waals surface area contributed by atoms with Gasteiger partial charge in [-0.3, -0.25) is 4.79 Å². The van der Waals surface area contributed by atoms with Crippen molar-refractivity contribution >= 4 is 17.3 Å². The number of anilines is 1. The van der Waals surface area contributed by atoms with Gasteiger partial charge in [-0.2, -0.15) is 15.5 Å². The van der Waals surface area contributed by atoms with Crippen molar-refractivity contribution in [2.75, 3.05) is 5.01 Å². The molecule has 0 heterocycles. The summed E-state index contributed by atoms with van der Waals surface area (Å²) in [6.45, 7) is 1.35. The largest absolute Gasteiger partial charge is 0.273 e. The number of carbonyl (C=O) groups is 1. The molecule has 0 atom stereocenters. The number of nitriles is 2. The summed E-state index contributed by atoms with van der Waals surface area (Å²) in [7, 11) is 0. The molecule has 0 fully saturated rings. The zero-order chi connectivity index (χ0) is 15.9. The van der Waals surface area contributed by atoms with E-state index in [1.807, 2.05) is 12.1 Å². The molecule has 1 amide bonds. The number of rotatable bonds is 3. The van der Waals surface area contributed by atoms with Crippen molar-refractivity contribution < 1.29 is 4.79 Å². The minimum absolute atomic E-state index is 0.338. The van der Waals surface area contributed by atoms with Gasteiger partial charge >= 0.3 is 0 Å². The Hall–Kier alpha value is -3.51. The fourth-order valence-corrected chi connectivity index (χ4v) is 1.74. The highest BCUT2D eigenvalue weighted by atomic mass is 16.2. The van der Waals surface area contributed by atoms with Crippen LogP contribution >= 0.6 is 0 Å². The summed E-state index contributed by atoms with van der Waals surface area (Å²) in [5, 5.41) is 26.7. The molecular weight excluding hydrogens is 278 g/mol. The van der Waals surface area contributed by atoms with Crippen molar-refractivity contribution in [3.05, 3.63) is 59.7 Å². The van der Waals surface area contributed by atoms with E-state index in [-0.39, 0.29) is 5.91 Å². The van der Waals surface area contributed by atoms with Crippen LogP contribution in [0.4, 0.5) is 11.4 Å². The number of hydrogen-bond donors (Lipinski definition) is 0. The Morgan fingerprint density at radius 1 is 1.05 bits per heavy atom. The Morgan fingerprint density at radius 3 is 2.32 bits per heavy atom. The molecule has 0 aromatic heterocycles. The molecule has 2 aromatic carbocycles. The lowest BCUT2D eigenvalue weighted by Crippen LogP contribution is -2.21. The van der Waals surface area contributed by atoms with Gasteiger partial charge in [-0.1, -0.05) is 17.4 Å². The summed E-state index contributed by atoms with van der Waals surface area (Å²) < 4.78 is 0. The Balaban J connectivity index is 2.33. The molecule has 0 saturated carbocycles. The molecule has 0 radical (unpaired) electrons. The van der Waals surface area contributed by atoms with Crippen molar-refractivity contribution in [3.63, 3.8) is 0 Å². The normalized spacial score (nSPS) is 9.95. The minimum atomic E-state index is -0.338. The van der Waals surface area contributed by atoms with Crippen LogP contribution < -0.4 is 5.01 Å². The minimum Gasteiger partial charge on any atom is -0.273 e. The first-order chi connectivity index (χ1) is 10.6. The quantitative estimate of drug-likeness (QED) is 0.639. The van der Waals surface area contributed by atoms with E-state index in [0.717, 1.165) is 5.01 Å². The second-order valence-electron chi connectivity index (χ2n) is 4.34. The second kappa shape index (κ2) is 6.78. The van der Waals surface area contributed by atoms with Crippen LogP contribution in [0.3, 0.4) is 0 Å². The maximum atomic E-state index is 11.7. The molecule has 0 aliphatic heterocycles. The SMILES string of the molecule is CC(=O)N(N=Nc1cccc(C#N)c1)c1cccc(C#N)c1. The van der Waals surface area contributed by atoms with E-state index in [1.54, 1.807) is 48.5 Å². The third kappa shape index (κ3) is 3.53. The van der Waals surface area contributed by atoms with Gasteiger partial charge in [0.25, 0.3) is 0 Å². The molecule has 0 bridgehead atoms. The first-order valence-electron chi connectivity index (χ1n) is 6.36. The third-order valence-corrected chi connectivity index (χ3v) is 2.74. The highest BCUT2D eigenvalue weighted by molar-refractivity contribution is 5.90. The summed E-state index contributed by atoms with van der Waals surface area (Å²) >= 11 is 0. The van der Waals surface area contributed by atoms with Crippen LogP contribution in [0.15, 0.2) is 58.9 Å². The summed E-state index contributed by atoms with van der Waals surface area (Å²) in [6.07, 6.45) is 0. The molecule has 0 aliphatic carbocycles. The van der Waals surface area contributed by atoms with Gasteiger partial charge in [0, 0.05) is 6.92 Å². The Bertz CT molecular complexity index is 814. The summed E-state index contributed by atoms with van der Waals surface area (Å²) in [5.41, 5.74) is 1.79. The Kier molecular flexibility index (Phi) is 4.59. The molecule has 2 rings (SSSR count). The fraction of sp³-hybridized carbons (Fsp3) is 0.0625. The van der Waals surface area contributed by atoms with Crippen molar-refractivity contribution in [1.29, 1.82) is 10.5 Å². The molecule has 6 nitrogen and oxygen atoms in total. The lowest BCUT2D eigenvalue weighted by atomic mass is 10.2. The summed E-state index contributed by atoms with van der Waals surface area (Å²) in [4.78, 5) is 11.7. The van der Waals surface area contributed by atoms with Gasteiger partial charge in [-0.15, -0.1) is 5.11 Å². The van der Waals surface area contributed by atoms with E-state index in [9.17, 15) is 4.79 Å². The zero-order valence-electron chi connectivity index (χ0n) is 11.8. The van der Waals surface area contributed by atoms with Crippen LogP contribution in [0, 0.1) is 22.7 Å². The third-order valence-electron chi connectivity index (χ3n) is 2.74. The van der Waals surface area contributed by atoms with Crippen molar-refractivity contribution in [3.8, 4) is 12.1 Å². The van der Waals surface area contributed by atoms with Gasteiger partial charge in [-0.25, -0.2) is 0 Å². The average Bonchev–Trinajstić information content (AvgIpc) is 2.55. The second-order valence-corrected chi connectivity index (χ2v) is 4.34. The smallest absolute Gasteiger partial charge is 0.245 e. The molecular formula is C16H11N5O. The predicted octanol–water partition coefficient (Wildman–Crippen LogP) is 3.48. The molecule has 106 valence electrons. The molecule has 22 heavy (non-hydrogen) atoms. The lowest BCUT2D eigenvalue weighted by Gasteiger charge is -2.13. The molecule has 6 heteroatoms. The molecule has 0 spiro atoms. The highest BCUT2D eigenvalue weighted by Gasteiger charge is 2.11. The fourth-order valence-electron chi connectivity index (χ4n) is 1.74. The number of amides is 1. The molecule has 0 N–H and O–H groups in total. The number of carbonyl (C=O) groups excluding carboxylic acids is 1. The number of benzene rings is 2. The van der Waals surface area contributed by atoms with Gasteiger partial charge in [-0.05, 0) is 36.4 Å². The molecule has 0 saturated heterocycles. The van der Waals surface area contributed by atoms with Gasteiger partial charge < -0.3 is 0 Å². The van der Waals surface area contributed by atoms with Crippen molar-refractivity contribution in [2.45, 2.75) is 6.92 Å². The van der Waals surface area contributed by atoms with Gasteiger partial charge in [0.2, 0.25) is 5.91 Å². The maximum Gasteiger partial charge on any atom is 0.245 e. The van der Waals surface area contributed by atoms with Crippen LogP contribution in [0.5, 0.6) is 0 Å². The van der Waals surface area contributed by atoms with Crippen LogP contribution in [0.2, 0.25) is 0 Å². The van der Waals surface area contributed by atoms with E-state index in [1.165, 1.54) is 6.92 Å². The number of nitrogens with zero attached hydrogens (tertiary/aromatic N) is 5. The van der Waals surface area contributed by atoms with E-state index in [2.05, 4.69) is 10.3 Å².